The summed E-state index contributed by atoms with van der Waals surface area (Å²) in [4.78, 5) is 2.38. The lowest BCUT2D eigenvalue weighted by molar-refractivity contribution is 0.568. The summed E-state index contributed by atoms with van der Waals surface area (Å²) in [5.74, 6) is 0.610. The maximum atomic E-state index is 13.4. The van der Waals surface area contributed by atoms with Crippen LogP contribution in [0.25, 0.3) is 0 Å². The predicted molar refractivity (Wildman–Crippen MR) is 74.4 cm³/mol. The molecule has 1 fully saturated rings. The van der Waals surface area contributed by atoms with Gasteiger partial charge in [-0.2, -0.15) is 0 Å². The lowest BCUT2D eigenvalue weighted by atomic mass is 10.0. The molecule has 0 aliphatic carbocycles. The molecule has 2 nitrogen and oxygen atoms in total. The molecule has 1 aromatic carbocycles. The van der Waals surface area contributed by atoms with E-state index in [0.29, 0.717) is 0 Å². The lowest BCUT2D eigenvalue weighted by Gasteiger charge is -2.23. The zero-order chi connectivity index (χ0) is 13.1. The zero-order valence-electron chi connectivity index (χ0n) is 11.3. The van der Waals surface area contributed by atoms with Gasteiger partial charge in [0.25, 0.3) is 0 Å². The molecule has 0 spiro atoms. The molecule has 18 heavy (non-hydrogen) atoms. The van der Waals surface area contributed by atoms with Crippen LogP contribution in [0.3, 0.4) is 0 Å². The fourth-order valence-corrected chi connectivity index (χ4v) is 2.76. The van der Waals surface area contributed by atoms with Crippen LogP contribution in [0, 0.1) is 11.7 Å². The van der Waals surface area contributed by atoms with E-state index in [1.54, 1.807) is 12.1 Å². The number of benzene rings is 1. The molecular weight excluding hydrogens is 227 g/mol. The van der Waals surface area contributed by atoms with Gasteiger partial charge < -0.3 is 10.6 Å². The smallest absolute Gasteiger partial charge is 0.123 e. The van der Waals surface area contributed by atoms with Crippen LogP contribution in [0.1, 0.15) is 32.3 Å². The second-order valence-electron chi connectivity index (χ2n) is 5.46. The fourth-order valence-electron chi connectivity index (χ4n) is 2.76. The van der Waals surface area contributed by atoms with Gasteiger partial charge in [-0.15, -0.1) is 0 Å². The summed E-state index contributed by atoms with van der Waals surface area (Å²) < 4.78 is 13.4. The van der Waals surface area contributed by atoms with Crippen molar-refractivity contribution in [1.82, 2.24) is 0 Å². The molecule has 1 saturated heterocycles. The van der Waals surface area contributed by atoms with Gasteiger partial charge >= 0.3 is 0 Å². The molecule has 2 unspecified atom stereocenters. The Hall–Kier alpha value is -1.09. The first kappa shape index (κ1) is 13.3. The lowest BCUT2D eigenvalue weighted by Crippen LogP contribution is -2.24. The van der Waals surface area contributed by atoms with Crippen molar-refractivity contribution in [2.45, 2.75) is 39.2 Å². The second-order valence-corrected chi connectivity index (χ2v) is 5.46. The summed E-state index contributed by atoms with van der Waals surface area (Å²) >= 11 is 0. The number of nitrogens with two attached hydrogens (primary N) is 1. The highest BCUT2D eigenvalue weighted by Gasteiger charge is 2.23. The molecule has 1 aromatic rings. The van der Waals surface area contributed by atoms with Crippen LogP contribution >= 0.6 is 0 Å². The van der Waals surface area contributed by atoms with Gasteiger partial charge in [-0.05, 0) is 49.4 Å². The van der Waals surface area contributed by atoms with Crippen molar-refractivity contribution in [2.24, 2.45) is 11.7 Å². The van der Waals surface area contributed by atoms with Crippen LogP contribution in [-0.2, 0) is 6.42 Å². The molecule has 100 valence electrons. The quantitative estimate of drug-likeness (QED) is 0.890. The number of hydrogen-bond acceptors (Lipinski definition) is 2. The van der Waals surface area contributed by atoms with Crippen LogP contribution in [0.4, 0.5) is 10.1 Å². The van der Waals surface area contributed by atoms with Crippen LogP contribution in [0.2, 0.25) is 0 Å². The van der Waals surface area contributed by atoms with Gasteiger partial charge in [-0.25, -0.2) is 4.39 Å². The van der Waals surface area contributed by atoms with Gasteiger partial charge in [0.2, 0.25) is 0 Å². The fraction of sp³-hybridized carbons (Fsp3) is 0.600. The van der Waals surface area contributed by atoms with Crippen molar-refractivity contribution in [3.8, 4) is 0 Å². The number of rotatable bonds is 4. The number of anilines is 1. The van der Waals surface area contributed by atoms with Gasteiger partial charge in [0.15, 0.2) is 0 Å². The van der Waals surface area contributed by atoms with E-state index in [4.69, 9.17) is 5.73 Å². The van der Waals surface area contributed by atoms with Crippen LogP contribution in [-0.4, -0.2) is 19.1 Å². The van der Waals surface area contributed by atoms with Crippen molar-refractivity contribution in [3.05, 3.63) is 29.6 Å². The molecule has 2 atom stereocenters. The largest absolute Gasteiger partial charge is 0.371 e. The third-order valence-electron chi connectivity index (χ3n) is 3.79. The van der Waals surface area contributed by atoms with E-state index in [-0.39, 0.29) is 11.9 Å². The summed E-state index contributed by atoms with van der Waals surface area (Å²) in [6, 6.07) is 5.16. The molecule has 1 aliphatic heterocycles. The number of nitrogens with zero attached hydrogens (tertiary/aromatic N) is 1. The average Bonchev–Trinajstić information content (AvgIpc) is 2.77. The Balaban J connectivity index is 2.21. The third-order valence-corrected chi connectivity index (χ3v) is 3.79. The maximum Gasteiger partial charge on any atom is 0.123 e. The molecule has 2 rings (SSSR count). The molecule has 0 aromatic heterocycles. The molecule has 0 radical (unpaired) electrons. The summed E-state index contributed by atoms with van der Waals surface area (Å²) in [7, 11) is 0. The van der Waals surface area contributed by atoms with E-state index in [2.05, 4.69) is 11.8 Å². The minimum absolute atomic E-state index is 0.0649. The normalized spacial score (nSPS) is 21.3. The van der Waals surface area contributed by atoms with E-state index in [9.17, 15) is 4.39 Å². The molecule has 2 N–H and O–H groups in total. The zero-order valence-corrected chi connectivity index (χ0v) is 11.3. The summed E-state index contributed by atoms with van der Waals surface area (Å²) in [5, 5.41) is 0. The molecule has 1 heterocycles. The SMILES string of the molecule is CCC1CCN(c2ccc(F)cc2CC(C)N)C1. The molecule has 0 bridgehead atoms. The summed E-state index contributed by atoms with van der Waals surface area (Å²) in [6.07, 6.45) is 3.20. The molecule has 1 aliphatic rings. The van der Waals surface area contributed by atoms with Gasteiger partial charge in [0.1, 0.15) is 5.82 Å². The molecule has 0 amide bonds. The van der Waals surface area contributed by atoms with E-state index in [1.165, 1.54) is 18.5 Å². The topological polar surface area (TPSA) is 29.3 Å². The Kier molecular flexibility index (Phi) is 4.23. The maximum absolute atomic E-state index is 13.4. The summed E-state index contributed by atoms with van der Waals surface area (Å²) in [5.41, 5.74) is 8.07. The number of halogens is 1. The van der Waals surface area contributed by atoms with Crippen LogP contribution in [0.15, 0.2) is 18.2 Å². The first-order chi connectivity index (χ1) is 8.60. The van der Waals surface area contributed by atoms with Gasteiger partial charge in [0.05, 0.1) is 0 Å². The van der Waals surface area contributed by atoms with E-state index in [1.807, 2.05) is 13.0 Å². The van der Waals surface area contributed by atoms with Crippen LogP contribution < -0.4 is 10.6 Å². The van der Waals surface area contributed by atoms with Crippen molar-refractivity contribution in [1.29, 1.82) is 0 Å². The monoisotopic (exact) mass is 250 g/mol. The first-order valence-electron chi connectivity index (χ1n) is 6.89. The van der Waals surface area contributed by atoms with E-state index in [0.717, 1.165) is 31.0 Å². The van der Waals surface area contributed by atoms with Crippen molar-refractivity contribution < 1.29 is 4.39 Å². The van der Waals surface area contributed by atoms with Gasteiger partial charge in [-0.3, -0.25) is 0 Å². The van der Waals surface area contributed by atoms with E-state index < -0.39 is 0 Å². The third kappa shape index (κ3) is 3.02. The predicted octanol–water partition coefficient (Wildman–Crippen LogP) is 2.95. The highest BCUT2D eigenvalue weighted by molar-refractivity contribution is 5.55. The standard InChI is InChI=1S/C15H23FN2/c1-3-12-6-7-18(10-12)15-5-4-14(16)9-13(15)8-11(2)17/h4-5,9,11-12H,3,6-8,10,17H2,1-2H3. The Bertz CT molecular complexity index is 403. The van der Waals surface area contributed by atoms with Crippen molar-refractivity contribution in [2.75, 3.05) is 18.0 Å². The Morgan fingerprint density at radius 3 is 2.89 bits per heavy atom. The highest BCUT2D eigenvalue weighted by Crippen LogP contribution is 2.29. The summed E-state index contributed by atoms with van der Waals surface area (Å²) in [6.45, 7) is 6.37. The van der Waals surface area contributed by atoms with Crippen molar-refractivity contribution >= 4 is 5.69 Å². The average molecular weight is 250 g/mol. The van der Waals surface area contributed by atoms with E-state index >= 15 is 0 Å². The minimum atomic E-state index is -0.166. The first-order valence-corrected chi connectivity index (χ1v) is 6.89. The Morgan fingerprint density at radius 1 is 1.50 bits per heavy atom. The second kappa shape index (κ2) is 5.70. The highest BCUT2D eigenvalue weighted by atomic mass is 19.1. The van der Waals surface area contributed by atoms with Gasteiger partial charge in [-0.1, -0.05) is 13.3 Å². The molecule has 3 heteroatoms. The molecular formula is C15H23FN2. The van der Waals surface area contributed by atoms with Crippen LogP contribution in [0.5, 0.6) is 0 Å². The molecule has 0 saturated carbocycles. The van der Waals surface area contributed by atoms with Gasteiger partial charge in [0, 0.05) is 24.8 Å². The Labute approximate surface area is 109 Å². The van der Waals surface area contributed by atoms with Crippen molar-refractivity contribution in [3.63, 3.8) is 0 Å². The minimum Gasteiger partial charge on any atom is -0.371 e. The Morgan fingerprint density at radius 2 is 2.28 bits per heavy atom. The number of hydrogen-bond donors (Lipinski definition) is 1.